The van der Waals surface area contributed by atoms with Crippen LogP contribution in [0.15, 0.2) is 24.3 Å². The summed E-state index contributed by atoms with van der Waals surface area (Å²) in [5, 5.41) is 18.5. The second-order valence-electron chi connectivity index (χ2n) is 10.5. The molecule has 1 aliphatic carbocycles. The summed E-state index contributed by atoms with van der Waals surface area (Å²) in [5.74, 6) is 0.207. The fourth-order valence-electron chi connectivity index (χ4n) is 4.47. The van der Waals surface area contributed by atoms with Gasteiger partial charge >= 0.3 is 6.09 Å². The van der Waals surface area contributed by atoms with E-state index < -0.39 is 36.5 Å². The van der Waals surface area contributed by atoms with Gasteiger partial charge in [0.1, 0.15) is 22.8 Å². The van der Waals surface area contributed by atoms with Gasteiger partial charge in [-0.1, -0.05) is 50.4 Å². The zero-order chi connectivity index (χ0) is 25.9. The molecule has 3 amide bonds. The van der Waals surface area contributed by atoms with Crippen molar-refractivity contribution >= 4 is 49.7 Å². The van der Waals surface area contributed by atoms with E-state index in [0.717, 1.165) is 30.9 Å². The van der Waals surface area contributed by atoms with Crippen LogP contribution < -0.4 is 16.0 Å². The first-order valence-corrected chi connectivity index (χ1v) is 15.5. The molecule has 11 heteroatoms. The Balaban J connectivity index is 1.33. The van der Waals surface area contributed by atoms with E-state index in [0.29, 0.717) is 30.0 Å². The van der Waals surface area contributed by atoms with Gasteiger partial charge in [-0.15, -0.1) is 11.8 Å². The van der Waals surface area contributed by atoms with Crippen molar-refractivity contribution in [3.63, 3.8) is 0 Å². The Bertz CT molecular complexity index is 1060. The van der Waals surface area contributed by atoms with Crippen molar-refractivity contribution in [2.24, 2.45) is 5.92 Å². The molecule has 193 valence electrons. The van der Waals surface area contributed by atoms with E-state index in [4.69, 9.17) is 16.3 Å². The SMILES string of the molecule is CC(C)(COC(=O)NC1S[C@@]1(CC1CC1)C(=O)N[C@H](C#N)C[Si]1CCCNC1=O)c1cccc(Cl)c1. The largest absolute Gasteiger partial charge is 0.449 e. The Morgan fingerprint density at radius 3 is 2.86 bits per heavy atom. The molecule has 4 rings (SSSR count). The minimum atomic E-state index is -1.39. The van der Waals surface area contributed by atoms with Crippen molar-refractivity contribution in [3.05, 3.63) is 34.9 Å². The van der Waals surface area contributed by atoms with Gasteiger partial charge in [0, 0.05) is 17.0 Å². The third-order valence-electron chi connectivity index (χ3n) is 6.96. The molecule has 1 aromatic carbocycles. The van der Waals surface area contributed by atoms with E-state index in [9.17, 15) is 19.6 Å². The summed E-state index contributed by atoms with van der Waals surface area (Å²) in [6.07, 6.45) is 3.12. The molecule has 3 aliphatic rings. The van der Waals surface area contributed by atoms with Gasteiger partial charge in [0.05, 0.1) is 6.07 Å². The molecule has 0 aromatic heterocycles. The highest BCUT2D eigenvalue weighted by Gasteiger charge is 2.64. The number of benzene rings is 1. The van der Waals surface area contributed by atoms with Crippen LogP contribution in [0.5, 0.6) is 0 Å². The second-order valence-corrected chi connectivity index (χ2v) is 14.9. The maximum absolute atomic E-state index is 13.3. The van der Waals surface area contributed by atoms with Crippen LogP contribution in [0.1, 0.15) is 45.1 Å². The molecule has 3 fully saturated rings. The highest BCUT2D eigenvalue weighted by Crippen LogP contribution is 2.59. The predicted octanol–water partition coefficient (Wildman–Crippen LogP) is 4.15. The van der Waals surface area contributed by atoms with Crippen LogP contribution in [0.3, 0.4) is 0 Å². The maximum Gasteiger partial charge on any atom is 0.408 e. The number of hydrogen-bond acceptors (Lipinski definition) is 6. The fraction of sp³-hybridized carbons (Fsp3) is 0.600. The van der Waals surface area contributed by atoms with E-state index >= 15 is 0 Å². The zero-order valence-corrected chi connectivity index (χ0v) is 23.1. The first-order valence-electron chi connectivity index (χ1n) is 12.3. The van der Waals surface area contributed by atoms with Crippen LogP contribution in [0.25, 0.3) is 0 Å². The molecule has 1 radical (unpaired) electrons. The number of nitriles is 1. The molecule has 1 aromatic rings. The van der Waals surface area contributed by atoms with E-state index in [2.05, 4.69) is 22.0 Å². The molecule has 0 spiro atoms. The van der Waals surface area contributed by atoms with Crippen LogP contribution in [-0.2, 0) is 14.9 Å². The summed E-state index contributed by atoms with van der Waals surface area (Å²) in [4.78, 5) is 38.1. The third kappa shape index (κ3) is 6.55. The summed E-state index contributed by atoms with van der Waals surface area (Å²) in [6.45, 7) is 4.78. The van der Waals surface area contributed by atoms with Gasteiger partial charge in [-0.3, -0.25) is 9.59 Å². The molecule has 2 heterocycles. The minimum Gasteiger partial charge on any atom is -0.449 e. The summed E-state index contributed by atoms with van der Waals surface area (Å²) in [7, 11) is -1.39. The lowest BCUT2D eigenvalue weighted by atomic mass is 9.86. The van der Waals surface area contributed by atoms with E-state index in [1.807, 2.05) is 32.0 Å². The number of carbonyl (C=O) groups is 3. The third-order valence-corrected chi connectivity index (χ3v) is 11.4. The molecule has 0 bridgehead atoms. The highest BCUT2D eigenvalue weighted by molar-refractivity contribution is 8.09. The number of hydrogen-bond donors (Lipinski definition) is 3. The second kappa shape index (κ2) is 11.0. The van der Waals surface area contributed by atoms with E-state index in [-0.39, 0.29) is 18.0 Å². The number of nitrogens with one attached hydrogen (secondary N) is 3. The number of halogens is 1. The number of thioether (sulfide) groups is 1. The Morgan fingerprint density at radius 1 is 1.42 bits per heavy atom. The maximum atomic E-state index is 13.3. The first kappa shape index (κ1) is 26.8. The smallest absolute Gasteiger partial charge is 0.408 e. The summed E-state index contributed by atoms with van der Waals surface area (Å²) in [6, 6.07) is 10.1. The quantitative estimate of drug-likeness (QED) is 0.299. The topological polar surface area (TPSA) is 120 Å². The molecule has 3 atom stereocenters. The van der Waals surface area contributed by atoms with E-state index in [1.165, 1.54) is 11.8 Å². The Morgan fingerprint density at radius 2 is 2.19 bits per heavy atom. The Labute approximate surface area is 222 Å². The van der Waals surface area contributed by atoms with Gasteiger partial charge < -0.3 is 20.7 Å². The lowest BCUT2D eigenvalue weighted by Crippen LogP contribution is -2.50. The molecular weight excluding hydrogens is 516 g/mol. The van der Waals surface area contributed by atoms with Gasteiger partial charge in [-0.05, 0) is 48.5 Å². The monoisotopic (exact) mass is 547 g/mol. The molecule has 36 heavy (non-hydrogen) atoms. The summed E-state index contributed by atoms with van der Waals surface area (Å²) in [5.41, 5.74) is 0.565. The number of alkyl carbamates (subject to hydrolysis) is 1. The number of carbonyl (C=O) groups excluding carboxylic acids is 3. The average molecular weight is 548 g/mol. The van der Waals surface area contributed by atoms with Gasteiger partial charge in [-0.2, -0.15) is 5.26 Å². The Kier molecular flexibility index (Phi) is 8.22. The molecule has 3 N–H and O–H groups in total. The van der Waals surface area contributed by atoms with E-state index in [1.54, 1.807) is 6.07 Å². The van der Waals surface area contributed by atoms with Crippen molar-refractivity contribution < 1.29 is 19.1 Å². The molecule has 8 nitrogen and oxygen atoms in total. The lowest BCUT2D eigenvalue weighted by molar-refractivity contribution is -0.123. The van der Waals surface area contributed by atoms with Crippen molar-refractivity contribution in [1.82, 2.24) is 16.0 Å². The number of rotatable bonds is 10. The van der Waals surface area contributed by atoms with Gasteiger partial charge in [-0.25, -0.2) is 4.79 Å². The number of nitrogens with zero attached hydrogens (tertiary/aromatic N) is 1. The minimum absolute atomic E-state index is 0.0391. The predicted molar refractivity (Wildman–Crippen MR) is 141 cm³/mol. The van der Waals surface area contributed by atoms with Gasteiger partial charge in [0.15, 0.2) is 14.3 Å². The van der Waals surface area contributed by atoms with Gasteiger partial charge in [0.2, 0.25) is 5.91 Å². The van der Waals surface area contributed by atoms with Crippen LogP contribution in [0.4, 0.5) is 9.59 Å². The Hall–Kier alpha value is -2.22. The zero-order valence-electron chi connectivity index (χ0n) is 20.6. The lowest BCUT2D eigenvalue weighted by Gasteiger charge is -2.25. The molecule has 1 unspecified atom stereocenters. The van der Waals surface area contributed by atoms with Crippen LogP contribution in [-0.4, -0.2) is 55.6 Å². The molecule has 2 saturated heterocycles. The van der Waals surface area contributed by atoms with Crippen molar-refractivity contribution in [2.75, 3.05) is 13.2 Å². The summed E-state index contributed by atoms with van der Waals surface area (Å²) >= 11 is 7.51. The van der Waals surface area contributed by atoms with Crippen LogP contribution in [0, 0.1) is 17.2 Å². The molecule has 2 aliphatic heterocycles. The van der Waals surface area contributed by atoms with Crippen molar-refractivity contribution in [2.45, 2.75) is 73.2 Å². The van der Waals surface area contributed by atoms with Crippen molar-refractivity contribution in [1.29, 1.82) is 5.26 Å². The normalized spacial score (nSPS) is 24.7. The average Bonchev–Trinajstić information content (AvgIpc) is 3.77. The fourth-order valence-corrected chi connectivity index (χ4v) is 8.21. The van der Waals surface area contributed by atoms with Crippen molar-refractivity contribution in [3.8, 4) is 6.07 Å². The van der Waals surface area contributed by atoms with Crippen LogP contribution >= 0.6 is 23.4 Å². The standard InChI is InChI=1S/C25H32ClN4O4SSi/c1-24(2,17-5-3-6-18(26)11-17)15-34-22(32)30-21-25(35-21,12-16-7-8-16)20(31)29-19(13-27)14-36-10-4-9-28-23(36)33/h3,5-6,11,16,19,21H,4,7-10,12,14-15H2,1-2H3,(H,28,33)(H,29,31)(H,30,32)/t19-,21?,25+/m1/s1. The van der Waals surface area contributed by atoms with Crippen LogP contribution in [0.2, 0.25) is 17.1 Å². The number of ether oxygens (including phenoxy) is 1. The number of amides is 3. The van der Waals surface area contributed by atoms with Gasteiger partial charge in [0.25, 0.3) is 0 Å². The molecule has 1 saturated carbocycles. The summed E-state index contributed by atoms with van der Waals surface area (Å²) < 4.78 is 4.73. The highest BCUT2D eigenvalue weighted by atomic mass is 35.5. The molecular formula is C25H32ClN4O4SSi. The first-order chi connectivity index (χ1) is 17.1.